The van der Waals surface area contributed by atoms with Crippen LogP contribution in [0.2, 0.25) is 0 Å². The largest absolute Gasteiger partial charge is 0.508 e. The van der Waals surface area contributed by atoms with Crippen molar-refractivity contribution in [3.8, 4) is 5.75 Å². The highest BCUT2D eigenvalue weighted by atomic mass is 16.3. The van der Waals surface area contributed by atoms with Gasteiger partial charge in [0.25, 0.3) is 0 Å². The van der Waals surface area contributed by atoms with Crippen LogP contribution in [0.4, 0.5) is 5.69 Å². The Morgan fingerprint density at radius 1 is 1.00 bits per heavy atom. The second-order valence-corrected chi connectivity index (χ2v) is 4.17. The minimum atomic E-state index is 0.289. The van der Waals surface area contributed by atoms with Gasteiger partial charge in [-0.15, -0.1) is 6.58 Å². The average molecular weight is 239 g/mol. The number of phenolic OH excluding ortho intramolecular Hbond substituents is 1. The van der Waals surface area contributed by atoms with Crippen LogP contribution in [0.25, 0.3) is 0 Å². The average Bonchev–Trinajstić information content (AvgIpc) is 2.40. The first-order chi connectivity index (χ1) is 8.79. The van der Waals surface area contributed by atoms with E-state index in [-0.39, 0.29) is 5.75 Å². The summed E-state index contributed by atoms with van der Waals surface area (Å²) in [4.78, 5) is 2.21. The third-order valence-electron chi connectivity index (χ3n) is 2.78. The highest BCUT2D eigenvalue weighted by molar-refractivity contribution is 5.49. The molecule has 18 heavy (non-hydrogen) atoms. The molecule has 0 aromatic heterocycles. The van der Waals surface area contributed by atoms with E-state index in [1.165, 1.54) is 5.56 Å². The van der Waals surface area contributed by atoms with Crippen molar-refractivity contribution in [3.05, 3.63) is 72.8 Å². The fraction of sp³-hybridized carbons (Fsp3) is 0.125. The molecule has 0 radical (unpaired) electrons. The van der Waals surface area contributed by atoms with Crippen LogP contribution >= 0.6 is 0 Å². The first-order valence-corrected chi connectivity index (χ1v) is 5.98. The third-order valence-corrected chi connectivity index (χ3v) is 2.78. The zero-order chi connectivity index (χ0) is 12.8. The lowest BCUT2D eigenvalue weighted by Crippen LogP contribution is -2.22. The van der Waals surface area contributed by atoms with Crippen molar-refractivity contribution in [1.29, 1.82) is 0 Å². The molecule has 1 N–H and O–H groups in total. The van der Waals surface area contributed by atoms with Crippen molar-refractivity contribution in [3.63, 3.8) is 0 Å². The normalized spacial score (nSPS) is 10.0. The van der Waals surface area contributed by atoms with Gasteiger partial charge in [-0.25, -0.2) is 0 Å². The fourth-order valence-electron chi connectivity index (χ4n) is 1.88. The molecule has 0 fully saturated rings. The van der Waals surface area contributed by atoms with Gasteiger partial charge in [0, 0.05) is 18.8 Å². The van der Waals surface area contributed by atoms with E-state index in [9.17, 15) is 5.11 Å². The van der Waals surface area contributed by atoms with Gasteiger partial charge >= 0.3 is 0 Å². The molecule has 0 aliphatic carbocycles. The Bertz CT molecular complexity index is 490. The van der Waals surface area contributed by atoms with E-state index < -0.39 is 0 Å². The van der Waals surface area contributed by atoms with E-state index in [0.717, 1.165) is 18.8 Å². The maximum Gasteiger partial charge on any atom is 0.115 e. The minimum absolute atomic E-state index is 0.289. The second kappa shape index (κ2) is 5.92. The number of hydrogen-bond acceptors (Lipinski definition) is 2. The summed E-state index contributed by atoms with van der Waals surface area (Å²) < 4.78 is 0. The minimum Gasteiger partial charge on any atom is -0.508 e. The standard InChI is InChI=1S/C16H17NO/c1-2-12-17(13-14-6-4-3-5-7-14)15-8-10-16(18)11-9-15/h2-11,18H,1,12-13H2. The fourth-order valence-corrected chi connectivity index (χ4v) is 1.88. The van der Waals surface area contributed by atoms with Gasteiger partial charge < -0.3 is 10.0 Å². The van der Waals surface area contributed by atoms with Gasteiger partial charge in [0.2, 0.25) is 0 Å². The Morgan fingerprint density at radius 2 is 1.67 bits per heavy atom. The van der Waals surface area contributed by atoms with Crippen LogP contribution in [0.5, 0.6) is 5.75 Å². The van der Waals surface area contributed by atoms with E-state index in [2.05, 4.69) is 23.6 Å². The lowest BCUT2D eigenvalue weighted by molar-refractivity contribution is 0.475. The van der Waals surface area contributed by atoms with Crippen molar-refractivity contribution < 1.29 is 5.11 Å². The van der Waals surface area contributed by atoms with Gasteiger partial charge in [-0.3, -0.25) is 0 Å². The molecule has 0 spiro atoms. The first kappa shape index (κ1) is 12.2. The zero-order valence-corrected chi connectivity index (χ0v) is 10.3. The molecule has 0 unspecified atom stereocenters. The molecule has 2 heteroatoms. The maximum atomic E-state index is 9.32. The summed E-state index contributed by atoms with van der Waals surface area (Å²) in [5, 5.41) is 9.32. The summed E-state index contributed by atoms with van der Waals surface area (Å²) in [5.41, 5.74) is 2.34. The zero-order valence-electron chi connectivity index (χ0n) is 10.3. The van der Waals surface area contributed by atoms with Crippen LogP contribution in [-0.2, 0) is 6.54 Å². The Hall–Kier alpha value is -2.22. The predicted molar refractivity (Wildman–Crippen MR) is 75.8 cm³/mol. The number of phenols is 1. The summed E-state index contributed by atoms with van der Waals surface area (Å²) >= 11 is 0. The summed E-state index contributed by atoms with van der Waals surface area (Å²) in [6.07, 6.45) is 1.88. The quantitative estimate of drug-likeness (QED) is 0.806. The molecule has 0 amide bonds. The summed E-state index contributed by atoms with van der Waals surface area (Å²) in [6.45, 7) is 5.40. The van der Waals surface area contributed by atoms with Gasteiger partial charge in [-0.1, -0.05) is 36.4 Å². The Kier molecular flexibility index (Phi) is 4.02. The predicted octanol–water partition coefficient (Wildman–Crippen LogP) is 3.58. The van der Waals surface area contributed by atoms with E-state index in [0.29, 0.717) is 0 Å². The molecule has 0 saturated heterocycles. The number of rotatable bonds is 5. The van der Waals surface area contributed by atoms with Crippen LogP contribution < -0.4 is 4.90 Å². The third kappa shape index (κ3) is 3.14. The number of aromatic hydroxyl groups is 1. The van der Waals surface area contributed by atoms with Crippen LogP contribution in [-0.4, -0.2) is 11.7 Å². The number of anilines is 1. The smallest absolute Gasteiger partial charge is 0.115 e. The molecule has 2 aromatic carbocycles. The topological polar surface area (TPSA) is 23.5 Å². The van der Waals surface area contributed by atoms with Crippen LogP contribution in [0.1, 0.15) is 5.56 Å². The number of benzene rings is 2. The van der Waals surface area contributed by atoms with Gasteiger partial charge in [-0.2, -0.15) is 0 Å². The van der Waals surface area contributed by atoms with E-state index in [1.807, 2.05) is 36.4 Å². The highest BCUT2D eigenvalue weighted by Crippen LogP contribution is 2.20. The second-order valence-electron chi connectivity index (χ2n) is 4.17. The summed E-state index contributed by atoms with van der Waals surface area (Å²) in [5.74, 6) is 0.289. The highest BCUT2D eigenvalue weighted by Gasteiger charge is 2.05. The molecule has 0 aliphatic heterocycles. The van der Waals surface area contributed by atoms with E-state index in [1.54, 1.807) is 12.1 Å². The molecule has 0 heterocycles. The SMILES string of the molecule is C=CCN(Cc1ccccc1)c1ccc(O)cc1. The van der Waals surface area contributed by atoms with Crippen LogP contribution in [0.3, 0.4) is 0 Å². The van der Waals surface area contributed by atoms with Gasteiger partial charge in [0.05, 0.1) is 0 Å². The van der Waals surface area contributed by atoms with E-state index >= 15 is 0 Å². The monoisotopic (exact) mass is 239 g/mol. The molecule has 2 nitrogen and oxygen atoms in total. The van der Waals surface area contributed by atoms with Gasteiger partial charge in [0.15, 0.2) is 0 Å². The molecule has 0 saturated carbocycles. The van der Waals surface area contributed by atoms with Gasteiger partial charge in [0.1, 0.15) is 5.75 Å². The molecule has 2 rings (SSSR count). The molecule has 0 aliphatic rings. The lowest BCUT2D eigenvalue weighted by Gasteiger charge is -2.23. The first-order valence-electron chi connectivity index (χ1n) is 5.98. The molecule has 0 bridgehead atoms. The Labute approximate surface area is 108 Å². The molecular formula is C16H17NO. The Morgan fingerprint density at radius 3 is 2.28 bits per heavy atom. The molecule has 92 valence electrons. The van der Waals surface area contributed by atoms with Crippen molar-refractivity contribution in [2.45, 2.75) is 6.54 Å². The van der Waals surface area contributed by atoms with Crippen molar-refractivity contribution in [1.82, 2.24) is 0 Å². The van der Waals surface area contributed by atoms with Crippen LogP contribution in [0, 0.1) is 0 Å². The van der Waals surface area contributed by atoms with Crippen molar-refractivity contribution >= 4 is 5.69 Å². The van der Waals surface area contributed by atoms with E-state index in [4.69, 9.17) is 0 Å². The molecular weight excluding hydrogens is 222 g/mol. The van der Waals surface area contributed by atoms with Crippen molar-refractivity contribution in [2.75, 3.05) is 11.4 Å². The molecule has 2 aromatic rings. The van der Waals surface area contributed by atoms with Gasteiger partial charge in [-0.05, 0) is 29.8 Å². The maximum absolute atomic E-state index is 9.32. The number of hydrogen-bond donors (Lipinski definition) is 1. The van der Waals surface area contributed by atoms with Crippen molar-refractivity contribution in [2.24, 2.45) is 0 Å². The lowest BCUT2D eigenvalue weighted by atomic mass is 10.2. The Balaban J connectivity index is 2.18. The summed E-state index contributed by atoms with van der Waals surface area (Å²) in [7, 11) is 0. The number of nitrogens with zero attached hydrogens (tertiary/aromatic N) is 1. The summed E-state index contributed by atoms with van der Waals surface area (Å²) in [6, 6.07) is 17.6. The van der Waals surface area contributed by atoms with Crippen LogP contribution in [0.15, 0.2) is 67.3 Å². The molecule has 0 atom stereocenters.